The third-order valence-electron chi connectivity index (χ3n) is 11.8. The van der Waals surface area contributed by atoms with Crippen LogP contribution < -0.4 is 10.6 Å². The zero-order valence-electron chi connectivity index (χ0n) is 36.2. The molecule has 6 N–H and O–H groups in total. The summed E-state index contributed by atoms with van der Waals surface area (Å²) in [5, 5.41) is 44.8. The molecule has 2 aromatic heterocycles. The molecule has 2 aromatic carbocycles. The van der Waals surface area contributed by atoms with Crippen LogP contribution in [0.3, 0.4) is 0 Å². The first kappa shape index (κ1) is 51.0. The van der Waals surface area contributed by atoms with Gasteiger partial charge in [-0.25, -0.2) is 8.78 Å². The summed E-state index contributed by atoms with van der Waals surface area (Å²) in [5.74, 6) is -5.09. The summed E-state index contributed by atoms with van der Waals surface area (Å²) in [7, 11) is 0. The standard InChI is InChI=1S/2C23H24F4N2O4/c2*1-3-21(2,33)16-12-17(24)14(11-19(16)31)10-15(30)8-13-4-7-28-18(9-13)20(32)29-22(5-6-22)23(25,26)27/h2*4,7,9,11-12,31,33H,3,5-6,8,10H2,1-2H3,(H,29,32)/t2*21-/m10/s1. The summed E-state index contributed by atoms with van der Waals surface area (Å²) in [6.45, 7) is 6.21. The number of carbonyl (C=O) groups is 4. The van der Waals surface area contributed by atoms with Crippen LogP contribution in [0.2, 0.25) is 0 Å². The lowest BCUT2D eigenvalue weighted by molar-refractivity contribution is -0.163. The Morgan fingerprint density at radius 2 is 0.924 bits per heavy atom. The molecule has 0 radical (unpaired) electrons. The Bertz CT molecular complexity index is 2330. The Morgan fingerprint density at radius 3 is 1.21 bits per heavy atom. The van der Waals surface area contributed by atoms with Crippen LogP contribution in [0.1, 0.15) is 121 Å². The number of aromatic nitrogens is 2. The number of alkyl halides is 6. The highest BCUT2D eigenvalue weighted by Gasteiger charge is 2.65. The lowest BCUT2D eigenvalue weighted by Gasteiger charge is -2.23. The predicted molar refractivity (Wildman–Crippen MR) is 220 cm³/mol. The normalized spacial score (nSPS) is 16.7. The van der Waals surface area contributed by atoms with E-state index in [1.54, 1.807) is 13.8 Å². The smallest absolute Gasteiger partial charge is 0.411 e. The lowest BCUT2D eigenvalue weighted by atomic mass is 9.90. The van der Waals surface area contributed by atoms with E-state index >= 15 is 0 Å². The van der Waals surface area contributed by atoms with Crippen molar-refractivity contribution in [3.63, 3.8) is 0 Å². The summed E-state index contributed by atoms with van der Waals surface area (Å²) in [4.78, 5) is 57.0. The zero-order valence-corrected chi connectivity index (χ0v) is 36.2. The van der Waals surface area contributed by atoms with Crippen molar-refractivity contribution in [1.29, 1.82) is 0 Å². The molecular weight excluding hydrogens is 889 g/mol. The number of hydrogen-bond donors (Lipinski definition) is 6. The minimum atomic E-state index is -4.56. The Balaban J connectivity index is 0.000000247. The molecule has 0 saturated heterocycles. The Hall–Kier alpha value is -6.02. The first-order valence-corrected chi connectivity index (χ1v) is 20.8. The average Bonchev–Trinajstić information content (AvgIpc) is 4.17. The van der Waals surface area contributed by atoms with E-state index in [1.165, 1.54) is 50.5 Å². The maximum atomic E-state index is 14.5. The summed E-state index contributed by atoms with van der Waals surface area (Å²) in [6.07, 6.45) is -8.23. The van der Waals surface area contributed by atoms with Crippen molar-refractivity contribution in [2.24, 2.45) is 0 Å². The summed E-state index contributed by atoms with van der Waals surface area (Å²) in [6, 6.07) is 9.45. The highest BCUT2D eigenvalue weighted by Crippen LogP contribution is 2.50. The second-order valence-corrected chi connectivity index (χ2v) is 17.1. The van der Waals surface area contributed by atoms with Gasteiger partial charge in [-0.05, 0) is 123 Å². The van der Waals surface area contributed by atoms with Crippen molar-refractivity contribution in [3.8, 4) is 11.5 Å². The minimum absolute atomic E-state index is 0.00998. The van der Waals surface area contributed by atoms with Crippen molar-refractivity contribution < 1.29 is 74.7 Å². The highest BCUT2D eigenvalue weighted by atomic mass is 19.4. The van der Waals surface area contributed by atoms with Crippen molar-refractivity contribution >= 4 is 23.4 Å². The Morgan fingerprint density at radius 1 is 0.591 bits per heavy atom. The van der Waals surface area contributed by atoms with Gasteiger partial charge in [-0.2, -0.15) is 26.3 Å². The van der Waals surface area contributed by atoms with Gasteiger partial charge >= 0.3 is 12.4 Å². The van der Waals surface area contributed by atoms with Gasteiger partial charge in [-0.3, -0.25) is 29.1 Å². The van der Waals surface area contributed by atoms with Crippen LogP contribution in [-0.4, -0.2) is 77.2 Å². The number of ketones is 2. The second kappa shape index (κ2) is 19.1. The summed E-state index contributed by atoms with van der Waals surface area (Å²) >= 11 is 0. The van der Waals surface area contributed by atoms with Crippen LogP contribution in [0.25, 0.3) is 0 Å². The highest BCUT2D eigenvalue weighted by molar-refractivity contribution is 5.94. The molecular formula is C46H48F8N4O8. The minimum Gasteiger partial charge on any atom is -0.508 e. The molecule has 2 heterocycles. The van der Waals surface area contributed by atoms with Crippen LogP contribution >= 0.6 is 0 Å². The lowest BCUT2D eigenvalue weighted by Crippen LogP contribution is -2.48. The van der Waals surface area contributed by atoms with Crippen molar-refractivity contribution in [2.75, 3.05) is 0 Å². The van der Waals surface area contributed by atoms with Gasteiger partial charge in [-0.15, -0.1) is 0 Å². The molecule has 2 amide bonds. The van der Waals surface area contributed by atoms with Gasteiger partial charge in [0.25, 0.3) is 11.8 Å². The van der Waals surface area contributed by atoms with Crippen LogP contribution in [0.5, 0.6) is 11.5 Å². The maximum absolute atomic E-state index is 14.5. The maximum Gasteiger partial charge on any atom is 0.411 e. The third-order valence-corrected chi connectivity index (χ3v) is 11.8. The van der Waals surface area contributed by atoms with Gasteiger partial charge in [0.1, 0.15) is 57.2 Å². The molecule has 4 aromatic rings. The molecule has 2 fully saturated rings. The summed E-state index contributed by atoms with van der Waals surface area (Å²) < 4.78 is 107. The van der Waals surface area contributed by atoms with Crippen LogP contribution in [0.4, 0.5) is 35.1 Å². The molecule has 20 heteroatoms. The number of amides is 2. The van der Waals surface area contributed by atoms with Crippen LogP contribution in [0, 0.1) is 11.6 Å². The number of hydrogen-bond acceptors (Lipinski definition) is 10. The number of phenolic OH excluding ortho intramolecular Hbond substituents is 2. The fourth-order valence-corrected chi connectivity index (χ4v) is 6.92. The molecule has 12 nitrogen and oxygen atoms in total. The van der Waals surface area contributed by atoms with Gasteiger partial charge in [-0.1, -0.05) is 13.8 Å². The van der Waals surface area contributed by atoms with E-state index in [9.17, 15) is 74.7 Å². The third kappa shape index (κ3) is 11.9. The number of carbonyl (C=O) groups excluding carboxylic acids is 4. The van der Waals surface area contributed by atoms with Gasteiger partial charge in [0.05, 0.1) is 11.2 Å². The summed E-state index contributed by atoms with van der Waals surface area (Å²) in [5.41, 5.74) is -7.32. The number of nitrogens with zero attached hydrogens (tertiary/aromatic N) is 2. The Kier molecular flexibility index (Phi) is 14.7. The van der Waals surface area contributed by atoms with E-state index in [0.717, 1.165) is 24.3 Å². The number of Topliss-reactive ketones (excluding diaryl/α,β-unsaturated/α-hetero) is 2. The largest absolute Gasteiger partial charge is 0.508 e. The predicted octanol–water partition coefficient (Wildman–Crippen LogP) is 7.45. The number of aromatic hydroxyl groups is 2. The number of aliphatic hydroxyl groups is 2. The van der Waals surface area contributed by atoms with Gasteiger partial charge in [0.2, 0.25) is 0 Å². The molecule has 2 saturated carbocycles. The molecule has 356 valence electrons. The van der Waals surface area contributed by atoms with Crippen LogP contribution in [0.15, 0.2) is 60.9 Å². The van der Waals surface area contributed by atoms with E-state index in [2.05, 4.69) is 9.97 Å². The van der Waals surface area contributed by atoms with Gasteiger partial charge < -0.3 is 31.1 Å². The fraction of sp³-hybridized carbons (Fsp3) is 0.435. The second-order valence-electron chi connectivity index (χ2n) is 17.1. The van der Waals surface area contributed by atoms with Crippen molar-refractivity contribution in [3.05, 3.63) is 117 Å². The zero-order chi connectivity index (χ0) is 49.2. The van der Waals surface area contributed by atoms with E-state index in [4.69, 9.17) is 0 Å². The molecule has 2 atom stereocenters. The molecule has 66 heavy (non-hydrogen) atoms. The molecule has 0 unspecified atom stereocenters. The molecule has 0 spiro atoms. The topological polar surface area (TPSA) is 199 Å². The van der Waals surface area contributed by atoms with Crippen molar-refractivity contribution in [1.82, 2.24) is 20.6 Å². The molecule has 0 aliphatic heterocycles. The number of halogens is 8. The van der Waals surface area contributed by atoms with Gasteiger partial charge in [0, 0.05) is 49.2 Å². The molecule has 6 rings (SSSR count). The number of rotatable bonds is 16. The quantitative estimate of drug-likeness (QED) is 0.0614. The van der Waals surface area contributed by atoms with E-state index in [-0.39, 0.29) is 109 Å². The SMILES string of the molecule is CC[C@@](C)(O)c1cc(F)c(CC(=O)Cc2ccnc(C(=O)NC3(C(F)(F)F)CC3)c2)cc1O.CC[C@](C)(O)c1cc(F)c(CC(=O)Cc2ccnc(C(=O)NC3(C(F)(F)F)CC3)c2)cc1O. The molecule has 2 aliphatic rings. The Labute approximate surface area is 373 Å². The first-order chi connectivity index (χ1) is 30.6. The number of nitrogens with one attached hydrogen (secondary N) is 2. The van der Waals surface area contributed by atoms with Crippen LogP contribution in [-0.2, 0) is 46.5 Å². The number of benzene rings is 2. The van der Waals surface area contributed by atoms with E-state index in [0.29, 0.717) is 11.1 Å². The molecule has 0 bridgehead atoms. The van der Waals surface area contributed by atoms with E-state index in [1.807, 2.05) is 10.6 Å². The average molecular weight is 937 g/mol. The number of pyridine rings is 2. The van der Waals surface area contributed by atoms with Gasteiger partial charge in [0.15, 0.2) is 0 Å². The fourth-order valence-electron chi connectivity index (χ4n) is 6.92. The first-order valence-electron chi connectivity index (χ1n) is 20.8. The van der Waals surface area contributed by atoms with E-state index < -0.39 is 69.6 Å². The monoisotopic (exact) mass is 936 g/mol. The molecule has 2 aliphatic carbocycles. The number of phenols is 2. The van der Waals surface area contributed by atoms with Crippen molar-refractivity contribution in [2.45, 2.75) is 127 Å².